The highest BCUT2D eigenvalue weighted by Crippen LogP contribution is 2.03. The van der Waals surface area contributed by atoms with Gasteiger partial charge in [-0.3, -0.25) is 0 Å². The Labute approximate surface area is 84.6 Å². The first kappa shape index (κ1) is 10.9. The second-order valence-electron chi connectivity index (χ2n) is 3.51. The number of nitrogens with one attached hydrogen (secondary N) is 1. The van der Waals surface area contributed by atoms with E-state index in [1.165, 1.54) is 6.07 Å². The molecule has 1 N–H and O–H groups in total. The molecule has 0 radical (unpaired) electrons. The minimum Gasteiger partial charge on any atom is -0.313 e. The van der Waals surface area contributed by atoms with Crippen LogP contribution in [0.3, 0.4) is 0 Å². The summed E-state index contributed by atoms with van der Waals surface area (Å²) in [5, 5.41) is 3.23. The van der Waals surface area contributed by atoms with Crippen LogP contribution in [0.2, 0.25) is 0 Å². The molecule has 76 valence electrons. The highest BCUT2D eigenvalue weighted by molar-refractivity contribution is 5.16. The van der Waals surface area contributed by atoms with Gasteiger partial charge in [0.2, 0.25) is 0 Å². The summed E-state index contributed by atoms with van der Waals surface area (Å²) >= 11 is 0. The molecule has 0 saturated carbocycles. The Morgan fingerprint density at radius 2 is 2.29 bits per heavy atom. The highest BCUT2D eigenvalue weighted by atomic mass is 19.1. The first-order valence-corrected chi connectivity index (χ1v) is 4.78. The maximum Gasteiger partial charge on any atom is 0.123 e. The molecule has 0 aromatic heterocycles. The van der Waals surface area contributed by atoms with Gasteiger partial charge in [-0.15, -0.1) is 0 Å². The Bertz CT molecular complexity index is 307. The van der Waals surface area contributed by atoms with Gasteiger partial charge in [-0.05, 0) is 37.6 Å². The van der Waals surface area contributed by atoms with Gasteiger partial charge in [-0.2, -0.15) is 0 Å². The number of hydrogen-bond acceptors (Lipinski definition) is 1. The van der Waals surface area contributed by atoms with E-state index in [0.29, 0.717) is 0 Å². The molecular formula is C12H16FN. The summed E-state index contributed by atoms with van der Waals surface area (Å²) in [4.78, 5) is 0. The van der Waals surface area contributed by atoms with Gasteiger partial charge in [0.15, 0.2) is 0 Å². The third-order valence-corrected chi connectivity index (χ3v) is 1.91. The number of benzene rings is 1. The average Bonchev–Trinajstić information content (AvgIpc) is 2.12. The molecule has 1 nitrogen and oxygen atoms in total. The Morgan fingerprint density at radius 3 is 2.93 bits per heavy atom. The molecule has 0 aliphatic rings. The van der Waals surface area contributed by atoms with Crippen molar-refractivity contribution < 1.29 is 4.39 Å². The van der Waals surface area contributed by atoms with E-state index in [1.807, 2.05) is 13.0 Å². The molecule has 0 saturated heterocycles. The van der Waals surface area contributed by atoms with Crippen LogP contribution < -0.4 is 5.32 Å². The van der Waals surface area contributed by atoms with Crippen molar-refractivity contribution in [2.24, 2.45) is 0 Å². The smallest absolute Gasteiger partial charge is 0.123 e. The fourth-order valence-electron chi connectivity index (χ4n) is 1.23. The van der Waals surface area contributed by atoms with E-state index in [-0.39, 0.29) is 5.82 Å². The summed E-state index contributed by atoms with van der Waals surface area (Å²) in [6.45, 7) is 7.46. The highest BCUT2D eigenvalue weighted by Gasteiger charge is 1.94. The van der Waals surface area contributed by atoms with Crippen LogP contribution in [0.15, 0.2) is 36.4 Å². The van der Waals surface area contributed by atoms with Crippen molar-refractivity contribution in [1.82, 2.24) is 5.32 Å². The van der Waals surface area contributed by atoms with E-state index in [9.17, 15) is 4.39 Å². The molecule has 0 fully saturated rings. The predicted molar refractivity (Wildman–Crippen MR) is 57.8 cm³/mol. The zero-order valence-electron chi connectivity index (χ0n) is 8.52. The Hall–Kier alpha value is -1.15. The predicted octanol–water partition coefficient (Wildman–Crippen LogP) is 2.53. The first-order chi connectivity index (χ1) is 6.68. The van der Waals surface area contributed by atoms with E-state index in [2.05, 4.69) is 11.9 Å². The van der Waals surface area contributed by atoms with Crippen LogP contribution in [0, 0.1) is 5.82 Å². The summed E-state index contributed by atoms with van der Waals surface area (Å²) in [6.07, 6.45) is 0.852. The van der Waals surface area contributed by atoms with Crippen LogP contribution in [0.1, 0.15) is 12.5 Å². The van der Waals surface area contributed by atoms with Gasteiger partial charge in [0.05, 0.1) is 0 Å². The molecule has 0 amide bonds. The van der Waals surface area contributed by atoms with Crippen LogP contribution in [0.5, 0.6) is 0 Å². The van der Waals surface area contributed by atoms with Crippen molar-refractivity contribution in [2.75, 3.05) is 13.1 Å². The fourth-order valence-corrected chi connectivity index (χ4v) is 1.23. The zero-order valence-corrected chi connectivity index (χ0v) is 8.52. The van der Waals surface area contributed by atoms with Crippen LogP contribution in [-0.2, 0) is 6.42 Å². The standard InChI is InChI=1S/C12H16FN/c1-10(2)9-14-7-6-11-4-3-5-12(13)8-11/h3-5,8,14H,1,6-7,9H2,2H3. The van der Waals surface area contributed by atoms with Crippen LogP contribution >= 0.6 is 0 Å². The van der Waals surface area contributed by atoms with E-state index in [1.54, 1.807) is 12.1 Å². The minimum atomic E-state index is -0.164. The van der Waals surface area contributed by atoms with Crippen molar-refractivity contribution in [3.8, 4) is 0 Å². The summed E-state index contributed by atoms with van der Waals surface area (Å²) < 4.78 is 12.8. The zero-order chi connectivity index (χ0) is 10.4. The fraction of sp³-hybridized carbons (Fsp3) is 0.333. The summed E-state index contributed by atoms with van der Waals surface area (Å²) in [7, 11) is 0. The van der Waals surface area contributed by atoms with Crippen molar-refractivity contribution in [3.05, 3.63) is 47.8 Å². The van der Waals surface area contributed by atoms with E-state index in [4.69, 9.17) is 0 Å². The van der Waals surface area contributed by atoms with Gasteiger partial charge in [0.25, 0.3) is 0 Å². The molecule has 1 rings (SSSR count). The number of hydrogen-bond donors (Lipinski definition) is 1. The maximum absolute atomic E-state index is 12.8. The van der Waals surface area contributed by atoms with Crippen molar-refractivity contribution in [1.29, 1.82) is 0 Å². The van der Waals surface area contributed by atoms with Gasteiger partial charge in [-0.1, -0.05) is 24.3 Å². The SMILES string of the molecule is C=C(C)CNCCc1cccc(F)c1. The van der Waals surface area contributed by atoms with Crippen LogP contribution in [0.4, 0.5) is 4.39 Å². The van der Waals surface area contributed by atoms with E-state index in [0.717, 1.165) is 30.6 Å². The first-order valence-electron chi connectivity index (χ1n) is 4.78. The summed E-state index contributed by atoms with van der Waals surface area (Å²) in [5.41, 5.74) is 2.14. The van der Waals surface area contributed by atoms with Crippen molar-refractivity contribution >= 4 is 0 Å². The molecule has 2 heteroatoms. The monoisotopic (exact) mass is 193 g/mol. The van der Waals surface area contributed by atoms with Crippen molar-refractivity contribution in [2.45, 2.75) is 13.3 Å². The third-order valence-electron chi connectivity index (χ3n) is 1.91. The lowest BCUT2D eigenvalue weighted by Crippen LogP contribution is -2.18. The average molecular weight is 193 g/mol. The molecule has 0 unspecified atom stereocenters. The Balaban J connectivity index is 2.28. The molecule has 1 aromatic rings. The lowest BCUT2D eigenvalue weighted by Gasteiger charge is -2.04. The lowest BCUT2D eigenvalue weighted by molar-refractivity contribution is 0.624. The third kappa shape index (κ3) is 4.19. The molecule has 0 atom stereocenters. The quantitative estimate of drug-likeness (QED) is 0.559. The molecule has 1 aromatic carbocycles. The second-order valence-corrected chi connectivity index (χ2v) is 3.51. The van der Waals surface area contributed by atoms with Gasteiger partial charge in [0, 0.05) is 6.54 Å². The molecule has 0 aliphatic carbocycles. The number of halogens is 1. The van der Waals surface area contributed by atoms with Crippen LogP contribution in [-0.4, -0.2) is 13.1 Å². The minimum absolute atomic E-state index is 0.164. The van der Waals surface area contributed by atoms with Gasteiger partial charge in [-0.25, -0.2) is 4.39 Å². The summed E-state index contributed by atoms with van der Waals surface area (Å²) in [5.74, 6) is -0.164. The molecule has 0 aliphatic heterocycles. The van der Waals surface area contributed by atoms with Gasteiger partial charge >= 0.3 is 0 Å². The van der Waals surface area contributed by atoms with Gasteiger partial charge < -0.3 is 5.32 Å². The second kappa shape index (κ2) is 5.55. The van der Waals surface area contributed by atoms with Crippen LogP contribution in [0.25, 0.3) is 0 Å². The van der Waals surface area contributed by atoms with Crippen molar-refractivity contribution in [3.63, 3.8) is 0 Å². The van der Waals surface area contributed by atoms with Gasteiger partial charge in [0.1, 0.15) is 5.82 Å². The Morgan fingerprint density at radius 1 is 1.50 bits per heavy atom. The van der Waals surface area contributed by atoms with E-state index < -0.39 is 0 Å². The topological polar surface area (TPSA) is 12.0 Å². The van der Waals surface area contributed by atoms with E-state index >= 15 is 0 Å². The maximum atomic E-state index is 12.8. The number of rotatable bonds is 5. The molecular weight excluding hydrogens is 177 g/mol. The largest absolute Gasteiger partial charge is 0.313 e. The normalized spacial score (nSPS) is 10.1. The molecule has 0 heterocycles. The molecule has 0 spiro atoms. The molecule has 0 bridgehead atoms. The lowest BCUT2D eigenvalue weighted by atomic mass is 10.1. The summed E-state index contributed by atoms with van der Waals surface area (Å²) in [6, 6.07) is 6.71. The molecule has 14 heavy (non-hydrogen) atoms. The Kier molecular flexibility index (Phi) is 4.33.